The van der Waals surface area contributed by atoms with Crippen LogP contribution in [0.1, 0.15) is 75.2 Å². The number of epoxide rings is 3. The molecule has 124 valence electrons. The van der Waals surface area contributed by atoms with Gasteiger partial charge < -0.3 is 14.2 Å². The van der Waals surface area contributed by atoms with Gasteiger partial charge in [0, 0.05) is 0 Å². The van der Waals surface area contributed by atoms with Crippen LogP contribution in [0.3, 0.4) is 0 Å². The van der Waals surface area contributed by atoms with Gasteiger partial charge in [-0.3, -0.25) is 0 Å². The Balaban J connectivity index is 0. The molecule has 0 aromatic heterocycles. The van der Waals surface area contributed by atoms with Crippen molar-refractivity contribution >= 4 is 0 Å². The van der Waals surface area contributed by atoms with E-state index in [0.29, 0.717) is 18.3 Å². The molecule has 3 saturated heterocycles. The zero-order chi connectivity index (χ0) is 13.6. The lowest BCUT2D eigenvalue weighted by Crippen LogP contribution is -2.00. The van der Waals surface area contributed by atoms with E-state index in [1.54, 1.807) is 0 Å². The highest BCUT2D eigenvalue weighted by Crippen LogP contribution is 2.35. The first kappa shape index (κ1) is 22.2. The smallest absolute Gasteiger partial charge is 0.0860 e. The lowest BCUT2D eigenvalue weighted by molar-refractivity contribution is 0.344. The summed E-state index contributed by atoms with van der Waals surface area (Å²) < 4.78 is 14.9. The Kier molecular flexibility index (Phi) is 11.7. The number of hydrogen-bond donors (Lipinski definition) is 0. The Labute approximate surface area is 127 Å². The number of ether oxygens (including phenoxy) is 3. The van der Waals surface area contributed by atoms with Crippen LogP contribution in [-0.2, 0) is 14.2 Å². The SMILES string of the molecule is C.C.C1CCC2OC2C1.CC.CC1(C)CO1.CC1CO1. The molecule has 3 aliphatic heterocycles. The molecular formula is C17H38O3. The molecule has 1 saturated carbocycles. The second-order valence-corrected chi connectivity index (χ2v) is 5.69. The molecule has 3 atom stereocenters. The number of fused-ring (bicyclic) bond motifs is 1. The molecule has 0 amide bonds. The zero-order valence-corrected chi connectivity index (χ0v) is 12.7. The minimum absolute atomic E-state index is 0. The third-order valence-corrected chi connectivity index (χ3v) is 3.14. The molecule has 0 aromatic rings. The summed E-state index contributed by atoms with van der Waals surface area (Å²) in [4.78, 5) is 0. The molecule has 4 aliphatic rings. The van der Waals surface area contributed by atoms with Crippen LogP contribution in [0.25, 0.3) is 0 Å². The van der Waals surface area contributed by atoms with Crippen LogP contribution in [-0.4, -0.2) is 37.1 Å². The minimum atomic E-state index is 0. The zero-order valence-electron chi connectivity index (χ0n) is 12.7. The molecule has 3 heterocycles. The van der Waals surface area contributed by atoms with E-state index in [0.717, 1.165) is 13.2 Å². The van der Waals surface area contributed by atoms with Gasteiger partial charge in [0.25, 0.3) is 0 Å². The average molecular weight is 290 g/mol. The van der Waals surface area contributed by atoms with Crippen molar-refractivity contribution in [3.63, 3.8) is 0 Å². The van der Waals surface area contributed by atoms with Gasteiger partial charge in [-0.1, -0.05) is 41.5 Å². The fourth-order valence-corrected chi connectivity index (χ4v) is 1.62. The predicted octanol–water partition coefficient (Wildman–Crippen LogP) is 4.83. The van der Waals surface area contributed by atoms with Crippen LogP contribution < -0.4 is 0 Å². The van der Waals surface area contributed by atoms with E-state index < -0.39 is 0 Å². The van der Waals surface area contributed by atoms with E-state index in [2.05, 4.69) is 20.8 Å². The summed E-state index contributed by atoms with van der Waals surface area (Å²) in [5.74, 6) is 0. The molecule has 0 N–H and O–H groups in total. The minimum Gasteiger partial charge on any atom is -0.373 e. The highest BCUT2D eigenvalue weighted by atomic mass is 16.6. The Morgan fingerprint density at radius 2 is 1.25 bits per heavy atom. The van der Waals surface area contributed by atoms with Gasteiger partial charge in [0.05, 0.1) is 37.1 Å². The Morgan fingerprint density at radius 3 is 1.40 bits per heavy atom. The molecule has 0 aromatic carbocycles. The monoisotopic (exact) mass is 290 g/mol. The van der Waals surface area contributed by atoms with E-state index >= 15 is 0 Å². The second-order valence-electron chi connectivity index (χ2n) is 5.69. The molecule has 0 bridgehead atoms. The van der Waals surface area contributed by atoms with Crippen molar-refractivity contribution in [1.82, 2.24) is 0 Å². The third-order valence-electron chi connectivity index (χ3n) is 3.14. The molecule has 0 radical (unpaired) electrons. The first-order chi connectivity index (χ1) is 8.57. The predicted molar refractivity (Wildman–Crippen MR) is 87.4 cm³/mol. The fraction of sp³-hybridized carbons (Fsp3) is 1.00. The summed E-state index contributed by atoms with van der Waals surface area (Å²) in [5, 5.41) is 0. The highest BCUT2D eigenvalue weighted by molar-refractivity contribution is 4.87. The van der Waals surface area contributed by atoms with E-state index in [4.69, 9.17) is 14.2 Å². The van der Waals surface area contributed by atoms with Crippen molar-refractivity contribution in [2.24, 2.45) is 0 Å². The van der Waals surface area contributed by atoms with E-state index in [1.807, 2.05) is 13.8 Å². The molecule has 1 aliphatic carbocycles. The van der Waals surface area contributed by atoms with E-state index in [1.165, 1.54) is 25.7 Å². The normalized spacial score (nSPS) is 32.5. The Morgan fingerprint density at radius 1 is 0.950 bits per heavy atom. The highest BCUT2D eigenvalue weighted by Gasteiger charge is 2.39. The summed E-state index contributed by atoms with van der Waals surface area (Å²) in [6.07, 6.45) is 7.47. The number of rotatable bonds is 0. The van der Waals surface area contributed by atoms with Crippen LogP contribution in [0.5, 0.6) is 0 Å². The summed E-state index contributed by atoms with van der Waals surface area (Å²) in [6.45, 7) is 12.1. The topological polar surface area (TPSA) is 37.6 Å². The van der Waals surface area contributed by atoms with E-state index in [-0.39, 0.29) is 20.5 Å². The molecular weight excluding hydrogens is 252 g/mol. The van der Waals surface area contributed by atoms with Crippen molar-refractivity contribution in [2.45, 2.75) is 99.1 Å². The molecule has 3 heteroatoms. The maximum Gasteiger partial charge on any atom is 0.0860 e. The van der Waals surface area contributed by atoms with Crippen molar-refractivity contribution in [3.8, 4) is 0 Å². The Hall–Kier alpha value is -0.120. The molecule has 20 heavy (non-hydrogen) atoms. The van der Waals surface area contributed by atoms with Gasteiger partial charge in [-0.15, -0.1) is 0 Å². The summed E-state index contributed by atoms with van der Waals surface area (Å²) in [7, 11) is 0. The largest absolute Gasteiger partial charge is 0.373 e. The van der Waals surface area contributed by atoms with E-state index in [9.17, 15) is 0 Å². The van der Waals surface area contributed by atoms with Gasteiger partial charge in [-0.2, -0.15) is 0 Å². The van der Waals surface area contributed by atoms with Crippen molar-refractivity contribution in [3.05, 3.63) is 0 Å². The van der Waals surface area contributed by atoms with Gasteiger partial charge in [0.15, 0.2) is 0 Å². The molecule has 4 rings (SSSR count). The summed E-state index contributed by atoms with van der Waals surface area (Å²) >= 11 is 0. The first-order valence-electron chi connectivity index (χ1n) is 7.48. The maximum absolute atomic E-state index is 5.28. The van der Waals surface area contributed by atoms with Gasteiger partial charge in [0.1, 0.15) is 0 Å². The fourth-order valence-electron chi connectivity index (χ4n) is 1.62. The number of hydrogen-bond acceptors (Lipinski definition) is 3. The maximum atomic E-state index is 5.28. The lowest BCUT2D eigenvalue weighted by atomic mass is 10.0. The van der Waals surface area contributed by atoms with Crippen molar-refractivity contribution in [1.29, 1.82) is 0 Å². The standard InChI is InChI=1S/C6H10O.C4H8O.C3H6O.C2H6.2CH4/c1-2-4-6-5(3-1)7-6;1-4(2)3-5-4;1-3-2-4-3;1-2;;/h5-6H,1-4H2;3H2,1-2H3;3H,2H2,1H3;1-2H3;2*1H4. The van der Waals surface area contributed by atoms with Crippen molar-refractivity contribution in [2.75, 3.05) is 13.2 Å². The second kappa shape index (κ2) is 10.6. The van der Waals surface area contributed by atoms with Crippen LogP contribution in [0.2, 0.25) is 0 Å². The van der Waals surface area contributed by atoms with Crippen LogP contribution >= 0.6 is 0 Å². The molecule has 0 spiro atoms. The molecule has 4 fully saturated rings. The lowest BCUT2D eigenvalue weighted by Gasteiger charge is -2.00. The quantitative estimate of drug-likeness (QED) is 0.600. The van der Waals surface area contributed by atoms with Gasteiger partial charge >= 0.3 is 0 Å². The van der Waals surface area contributed by atoms with Crippen LogP contribution in [0.15, 0.2) is 0 Å². The summed E-state index contributed by atoms with van der Waals surface area (Å²) in [5.41, 5.74) is 0.250. The van der Waals surface area contributed by atoms with Gasteiger partial charge in [-0.25, -0.2) is 0 Å². The van der Waals surface area contributed by atoms with Crippen LogP contribution in [0, 0.1) is 0 Å². The average Bonchev–Trinajstić information content (AvgIpc) is 3.20. The third kappa shape index (κ3) is 11.7. The van der Waals surface area contributed by atoms with Gasteiger partial charge in [0.2, 0.25) is 0 Å². The molecule has 3 unspecified atom stereocenters. The van der Waals surface area contributed by atoms with Gasteiger partial charge in [-0.05, 0) is 33.6 Å². The van der Waals surface area contributed by atoms with Crippen molar-refractivity contribution < 1.29 is 14.2 Å². The first-order valence-corrected chi connectivity index (χ1v) is 7.48. The van der Waals surface area contributed by atoms with Crippen LogP contribution in [0.4, 0.5) is 0 Å². The summed E-state index contributed by atoms with van der Waals surface area (Å²) in [6, 6.07) is 0. The molecule has 3 nitrogen and oxygen atoms in total. The Bertz CT molecular complexity index is 208.